The number of aldehydes is 1. The van der Waals surface area contributed by atoms with Crippen molar-refractivity contribution >= 4 is 6.29 Å². The summed E-state index contributed by atoms with van der Waals surface area (Å²) < 4.78 is 18.8. The van der Waals surface area contributed by atoms with Crippen LogP contribution in [0.15, 0.2) is 18.2 Å². The molecule has 0 atom stereocenters. The van der Waals surface area contributed by atoms with Crippen molar-refractivity contribution in [3.05, 3.63) is 35.1 Å². The van der Waals surface area contributed by atoms with Crippen LogP contribution in [0.4, 0.5) is 4.39 Å². The molecule has 1 rings (SSSR count). The third-order valence-corrected chi connectivity index (χ3v) is 2.61. The highest BCUT2D eigenvalue weighted by molar-refractivity contribution is 5.74. The minimum absolute atomic E-state index is 0.275. The van der Waals surface area contributed by atoms with E-state index in [-0.39, 0.29) is 12.4 Å². The van der Waals surface area contributed by atoms with Crippen molar-refractivity contribution in [1.82, 2.24) is 0 Å². The molecule has 3 heteroatoms. The van der Waals surface area contributed by atoms with E-state index in [1.807, 2.05) is 0 Å². The first-order valence-electron chi connectivity index (χ1n) is 6.09. The number of carbonyl (C=O) groups is 1. The first-order chi connectivity index (χ1) is 8.27. The van der Waals surface area contributed by atoms with Gasteiger partial charge in [-0.3, -0.25) is 4.79 Å². The molecular weight excluding hydrogens is 219 g/mol. The zero-order chi connectivity index (χ0) is 12.5. The molecule has 0 saturated carbocycles. The largest absolute Gasteiger partial charge is 0.377 e. The van der Waals surface area contributed by atoms with Gasteiger partial charge in [0.05, 0.1) is 6.61 Å². The third kappa shape index (κ3) is 5.09. The molecule has 0 heterocycles. The van der Waals surface area contributed by atoms with Gasteiger partial charge in [0.1, 0.15) is 12.1 Å². The molecule has 0 N–H and O–H groups in total. The second-order valence-corrected chi connectivity index (χ2v) is 4.08. The van der Waals surface area contributed by atoms with Crippen molar-refractivity contribution in [2.24, 2.45) is 0 Å². The fourth-order valence-corrected chi connectivity index (χ4v) is 1.57. The van der Waals surface area contributed by atoms with Crippen LogP contribution in [-0.2, 0) is 11.3 Å². The summed E-state index contributed by atoms with van der Waals surface area (Å²) in [6.07, 6.45) is 5.22. The van der Waals surface area contributed by atoms with E-state index in [4.69, 9.17) is 4.74 Å². The van der Waals surface area contributed by atoms with Gasteiger partial charge in [0.25, 0.3) is 0 Å². The Bertz CT molecular complexity index is 350. The van der Waals surface area contributed by atoms with Gasteiger partial charge in [0, 0.05) is 17.7 Å². The minimum Gasteiger partial charge on any atom is -0.377 e. The lowest BCUT2D eigenvalue weighted by molar-refractivity contribution is 0.111. The Labute approximate surface area is 102 Å². The van der Waals surface area contributed by atoms with E-state index in [0.29, 0.717) is 24.0 Å². The summed E-state index contributed by atoms with van der Waals surface area (Å²) in [6, 6.07) is 4.44. The number of benzene rings is 1. The van der Waals surface area contributed by atoms with E-state index in [0.717, 1.165) is 12.8 Å². The van der Waals surface area contributed by atoms with Gasteiger partial charge in [0.2, 0.25) is 0 Å². The summed E-state index contributed by atoms with van der Waals surface area (Å²) in [5, 5.41) is 0. The summed E-state index contributed by atoms with van der Waals surface area (Å²) in [7, 11) is 0. The van der Waals surface area contributed by atoms with Crippen LogP contribution < -0.4 is 0 Å². The Morgan fingerprint density at radius 1 is 1.29 bits per heavy atom. The first kappa shape index (κ1) is 13.8. The highest BCUT2D eigenvalue weighted by Crippen LogP contribution is 2.11. The van der Waals surface area contributed by atoms with Crippen LogP contribution in [0.2, 0.25) is 0 Å². The lowest BCUT2D eigenvalue weighted by Gasteiger charge is -2.05. The molecule has 94 valence electrons. The average molecular weight is 238 g/mol. The highest BCUT2D eigenvalue weighted by Gasteiger charge is 2.03. The number of hydrogen-bond acceptors (Lipinski definition) is 2. The van der Waals surface area contributed by atoms with Crippen LogP contribution in [0.3, 0.4) is 0 Å². The smallest absolute Gasteiger partial charge is 0.150 e. The van der Waals surface area contributed by atoms with E-state index in [1.54, 1.807) is 12.1 Å². The zero-order valence-electron chi connectivity index (χ0n) is 10.2. The lowest BCUT2D eigenvalue weighted by atomic mass is 10.1. The summed E-state index contributed by atoms with van der Waals surface area (Å²) in [5.41, 5.74) is 0.861. The van der Waals surface area contributed by atoms with Gasteiger partial charge in [-0.05, 0) is 12.5 Å². The van der Waals surface area contributed by atoms with Crippen molar-refractivity contribution in [2.75, 3.05) is 6.61 Å². The topological polar surface area (TPSA) is 26.3 Å². The number of halogens is 1. The monoisotopic (exact) mass is 238 g/mol. The van der Waals surface area contributed by atoms with Gasteiger partial charge in [0.15, 0.2) is 0 Å². The number of carbonyl (C=O) groups excluding carboxylic acids is 1. The van der Waals surface area contributed by atoms with Crippen LogP contribution in [0.1, 0.15) is 48.5 Å². The molecule has 0 radical (unpaired) electrons. The van der Waals surface area contributed by atoms with E-state index < -0.39 is 0 Å². The molecular formula is C14H19FO2. The molecule has 0 spiro atoms. The fourth-order valence-electron chi connectivity index (χ4n) is 1.57. The van der Waals surface area contributed by atoms with E-state index in [9.17, 15) is 9.18 Å². The molecule has 0 saturated heterocycles. The molecule has 0 amide bonds. The maximum atomic E-state index is 13.4. The summed E-state index contributed by atoms with van der Waals surface area (Å²) in [4.78, 5) is 10.4. The molecule has 0 fully saturated rings. The van der Waals surface area contributed by atoms with Crippen molar-refractivity contribution in [2.45, 2.75) is 39.2 Å². The predicted molar refractivity (Wildman–Crippen MR) is 65.6 cm³/mol. The predicted octanol–water partition coefficient (Wildman–Crippen LogP) is 3.74. The molecule has 17 heavy (non-hydrogen) atoms. The van der Waals surface area contributed by atoms with Crippen LogP contribution in [0.25, 0.3) is 0 Å². The average Bonchev–Trinajstić information content (AvgIpc) is 2.35. The summed E-state index contributed by atoms with van der Waals surface area (Å²) in [5.74, 6) is -0.372. The summed E-state index contributed by atoms with van der Waals surface area (Å²) in [6.45, 7) is 3.09. The quantitative estimate of drug-likeness (QED) is 0.509. The fraction of sp³-hybridized carbons (Fsp3) is 0.500. The van der Waals surface area contributed by atoms with Gasteiger partial charge >= 0.3 is 0 Å². The van der Waals surface area contributed by atoms with Crippen LogP contribution >= 0.6 is 0 Å². The second kappa shape index (κ2) is 7.96. The van der Waals surface area contributed by atoms with Gasteiger partial charge < -0.3 is 4.74 Å². The maximum absolute atomic E-state index is 13.4. The van der Waals surface area contributed by atoms with Gasteiger partial charge in [-0.15, -0.1) is 0 Å². The van der Waals surface area contributed by atoms with Gasteiger partial charge in [-0.1, -0.05) is 38.3 Å². The van der Waals surface area contributed by atoms with E-state index in [2.05, 4.69) is 6.92 Å². The normalized spacial score (nSPS) is 10.5. The van der Waals surface area contributed by atoms with Crippen LogP contribution in [0, 0.1) is 5.82 Å². The molecule has 0 bridgehead atoms. The molecule has 0 aromatic heterocycles. The van der Waals surface area contributed by atoms with Gasteiger partial charge in [-0.25, -0.2) is 4.39 Å². The molecule has 1 aromatic carbocycles. The molecule has 1 aromatic rings. The molecule has 0 aliphatic carbocycles. The molecule has 0 unspecified atom stereocenters. The Hall–Kier alpha value is -1.22. The molecule has 2 nitrogen and oxygen atoms in total. The third-order valence-electron chi connectivity index (χ3n) is 2.61. The first-order valence-corrected chi connectivity index (χ1v) is 6.09. The van der Waals surface area contributed by atoms with Crippen LogP contribution in [0.5, 0.6) is 0 Å². The Morgan fingerprint density at radius 2 is 2.12 bits per heavy atom. The number of unbranched alkanes of at least 4 members (excludes halogenated alkanes) is 3. The Kier molecular flexibility index (Phi) is 6.48. The van der Waals surface area contributed by atoms with E-state index in [1.165, 1.54) is 18.9 Å². The summed E-state index contributed by atoms with van der Waals surface area (Å²) >= 11 is 0. The van der Waals surface area contributed by atoms with Gasteiger partial charge in [-0.2, -0.15) is 0 Å². The Morgan fingerprint density at radius 3 is 2.76 bits per heavy atom. The Balaban J connectivity index is 2.29. The standard InChI is InChI=1S/C14H19FO2/c1-2-3-4-5-8-17-11-13-7-6-12(10-16)9-14(13)15/h6-7,9-10H,2-5,8,11H2,1H3. The highest BCUT2D eigenvalue weighted by atomic mass is 19.1. The SMILES string of the molecule is CCCCCCOCc1ccc(C=O)cc1F. The molecule has 0 aliphatic rings. The number of ether oxygens (including phenoxy) is 1. The number of hydrogen-bond donors (Lipinski definition) is 0. The minimum atomic E-state index is -0.372. The van der Waals surface area contributed by atoms with Crippen molar-refractivity contribution < 1.29 is 13.9 Å². The van der Waals surface area contributed by atoms with E-state index >= 15 is 0 Å². The van der Waals surface area contributed by atoms with Crippen molar-refractivity contribution in [3.8, 4) is 0 Å². The van der Waals surface area contributed by atoms with Crippen molar-refractivity contribution in [3.63, 3.8) is 0 Å². The molecule has 0 aliphatic heterocycles. The number of rotatable bonds is 8. The van der Waals surface area contributed by atoms with Crippen molar-refractivity contribution in [1.29, 1.82) is 0 Å². The zero-order valence-corrected chi connectivity index (χ0v) is 10.2. The second-order valence-electron chi connectivity index (χ2n) is 4.08. The van der Waals surface area contributed by atoms with Crippen LogP contribution in [-0.4, -0.2) is 12.9 Å². The maximum Gasteiger partial charge on any atom is 0.150 e. The lowest BCUT2D eigenvalue weighted by Crippen LogP contribution is -1.99.